The predicted octanol–water partition coefficient (Wildman–Crippen LogP) is 0.599. The van der Waals surface area contributed by atoms with E-state index in [0.29, 0.717) is 24.3 Å². The van der Waals surface area contributed by atoms with Crippen LogP contribution in [0.2, 0.25) is 0 Å². The largest absolute Gasteiger partial charge is 0.398 e. The molecule has 2 aromatic rings. The van der Waals surface area contributed by atoms with Gasteiger partial charge in [0.25, 0.3) is 5.91 Å². The summed E-state index contributed by atoms with van der Waals surface area (Å²) in [5.41, 5.74) is 6.53. The van der Waals surface area contributed by atoms with E-state index in [9.17, 15) is 4.79 Å². The summed E-state index contributed by atoms with van der Waals surface area (Å²) >= 11 is 0. The van der Waals surface area contributed by atoms with Crippen LogP contribution in [0.5, 0.6) is 0 Å². The Morgan fingerprint density at radius 3 is 3.00 bits per heavy atom. The van der Waals surface area contributed by atoms with Crippen LogP contribution >= 0.6 is 0 Å². The van der Waals surface area contributed by atoms with E-state index in [4.69, 9.17) is 5.73 Å². The maximum Gasteiger partial charge on any atom is 0.255 e. The molecule has 0 radical (unpaired) electrons. The number of amides is 1. The summed E-state index contributed by atoms with van der Waals surface area (Å²) in [5.74, 6) is 0.712. The van der Waals surface area contributed by atoms with E-state index < -0.39 is 0 Å². The molecule has 2 aromatic heterocycles. The van der Waals surface area contributed by atoms with Crippen LogP contribution in [-0.4, -0.2) is 27.0 Å². The number of aromatic nitrogens is 3. The van der Waals surface area contributed by atoms with E-state index in [0.717, 1.165) is 5.82 Å². The summed E-state index contributed by atoms with van der Waals surface area (Å²) in [4.78, 5) is 19.8. The number of carbonyl (C=O) groups excluding carboxylic acids is 1. The second-order valence-corrected chi connectivity index (χ2v) is 3.89. The highest BCUT2D eigenvalue weighted by Crippen LogP contribution is 2.07. The summed E-state index contributed by atoms with van der Waals surface area (Å²) in [6, 6.07) is 1.61. The first-order valence-corrected chi connectivity index (χ1v) is 5.64. The number of nitrogen functional groups attached to an aromatic ring is 1. The van der Waals surface area contributed by atoms with E-state index in [1.165, 1.54) is 6.20 Å². The van der Waals surface area contributed by atoms with Crippen LogP contribution < -0.4 is 11.1 Å². The molecule has 3 N–H and O–H groups in total. The van der Waals surface area contributed by atoms with Gasteiger partial charge in [0.2, 0.25) is 0 Å². The second-order valence-electron chi connectivity index (χ2n) is 3.89. The van der Waals surface area contributed by atoms with Crippen LogP contribution in [0, 0.1) is 6.92 Å². The number of pyridine rings is 1. The Balaban J connectivity index is 1.90. The van der Waals surface area contributed by atoms with Crippen molar-refractivity contribution in [2.45, 2.75) is 13.5 Å². The first-order valence-electron chi connectivity index (χ1n) is 5.64. The van der Waals surface area contributed by atoms with Crippen LogP contribution in [0.4, 0.5) is 5.69 Å². The number of hydrogen-bond acceptors (Lipinski definition) is 4. The van der Waals surface area contributed by atoms with Crippen molar-refractivity contribution in [2.75, 3.05) is 12.3 Å². The molecule has 0 fully saturated rings. The van der Waals surface area contributed by atoms with Gasteiger partial charge in [0.05, 0.1) is 5.56 Å². The number of nitrogens with one attached hydrogen (secondary N) is 1. The normalized spacial score (nSPS) is 10.3. The molecule has 6 heteroatoms. The average molecular weight is 245 g/mol. The van der Waals surface area contributed by atoms with Crippen LogP contribution in [-0.2, 0) is 6.54 Å². The molecule has 0 spiro atoms. The summed E-state index contributed by atoms with van der Waals surface area (Å²) in [6.45, 7) is 3.11. The minimum absolute atomic E-state index is 0.210. The predicted molar refractivity (Wildman–Crippen MR) is 67.9 cm³/mol. The number of imidazole rings is 1. The van der Waals surface area contributed by atoms with Gasteiger partial charge in [0.15, 0.2) is 0 Å². The smallest absolute Gasteiger partial charge is 0.255 e. The second kappa shape index (κ2) is 5.31. The average Bonchev–Trinajstić information content (AvgIpc) is 2.75. The lowest BCUT2D eigenvalue weighted by atomic mass is 10.2. The fourth-order valence-electron chi connectivity index (χ4n) is 1.62. The molecule has 0 aliphatic carbocycles. The van der Waals surface area contributed by atoms with Gasteiger partial charge in [-0.2, -0.15) is 0 Å². The van der Waals surface area contributed by atoms with Crippen molar-refractivity contribution in [2.24, 2.45) is 0 Å². The van der Waals surface area contributed by atoms with Crippen LogP contribution in [0.3, 0.4) is 0 Å². The van der Waals surface area contributed by atoms with E-state index >= 15 is 0 Å². The van der Waals surface area contributed by atoms with Gasteiger partial charge in [0, 0.05) is 43.6 Å². The highest BCUT2D eigenvalue weighted by molar-refractivity contribution is 5.98. The maximum absolute atomic E-state index is 11.8. The van der Waals surface area contributed by atoms with Gasteiger partial charge in [-0.1, -0.05) is 0 Å². The van der Waals surface area contributed by atoms with E-state index in [1.807, 2.05) is 17.7 Å². The van der Waals surface area contributed by atoms with Crippen molar-refractivity contribution >= 4 is 11.6 Å². The molecule has 94 valence electrons. The monoisotopic (exact) mass is 245 g/mol. The Labute approximate surface area is 105 Å². The van der Waals surface area contributed by atoms with Gasteiger partial charge in [-0.15, -0.1) is 0 Å². The van der Waals surface area contributed by atoms with Crippen molar-refractivity contribution in [3.05, 3.63) is 42.2 Å². The zero-order valence-electron chi connectivity index (χ0n) is 10.1. The number of rotatable bonds is 4. The summed E-state index contributed by atoms with van der Waals surface area (Å²) in [5, 5.41) is 2.80. The van der Waals surface area contributed by atoms with Crippen molar-refractivity contribution < 1.29 is 4.79 Å². The molecule has 0 aromatic carbocycles. The third-order valence-electron chi connectivity index (χ3n) is 2.66. The third-order valence-corrected chi connectivity index (χ3v) is 2.66. The lowest BCUT2D eigenvalue weighted by molar-refractivity contribution is 0.0952. The zero-order valence-corrected chi connectivity index (χ0v) is 10.1. The summed E-state index contributed by atoms with van der Waals surface area (Å²) in [6.07, 6.45) is 6.63. The van der Waals surface area contributed by atoms with Crippen LogP contribution in [0.15, 0.2) is 30.9 Å². The molecule has 2 heterocycles. The van der Waals surface area contributed by atoms with Crippen molar-refractivity contribution in [1.82, 2.24) is 19.9 Å². The van der Waals surface area contributed by atoms with Crippen LogP contribution in [0.1, 0.15) is 16.2 Å². The first kappa shape index (κ1) is 12.1. The lowest BCUT2D eigenvalue weighted by Crippen LogP contribution is -2.28. The number of nitrogens with two attached hydrogens (primary N) is 1. The molecule has 0 saturated carbocycles. The zero-order chi connectivity index (χ0) is 13.0. The highest BCUT2D eigenvalue weighted by atomic mass is 16.1. The minimum Gasteiger partial charge on any atom is -0.398 e. The Morgan fingerprint density at radius 2 is 2.33 bits per heavy atom. The number of carbonyl (C=O) groups is 1. The Kier molecular flexibility index (Phi) is 3.57. The summed E-state index contributed by atoms with van der Waals surface area (Å²) in [7, 11) is 0. The standard InChI is InChI=1S/C12H15N5O/c1-9-15-4-6-17(9)7-5-16-12(18)10-8-14-3-2-11(10)13/h2-4,6,8H,5,7H2,1H3,(H2,13,14)(H,16,18). The number of hydrogen-bond donors (Lipinski definition) is 2. The van der Waals surface area contributed by atoms with E-state index in [2.05, 4.69) is 15.3 Å². The Morgan fingerprint density at radius 1 is 1.50 bits per heavy atom. The molecule has 0 aliphatic rings. The molecule has 2 rings (SSSR count). The van der Waals surface area contributed by atoms with Crippen LogP contribution in [0.25, 0.3) is 0 Å². The molecule has 6 nitrogen and oxygen atoms in total. The van der Waals surface area contributed by atoms with Gasteiger partial charge in [-0.25, -0.2) is 4.98 Å². The Hall–Kier alpha value is -2.37. The molecule has 0 saturated heterocycles. The van der Waals surface area contributed by atoms with Gasteiger partial charge in [0.1, 0.15) is 5.82 Å². The van der Waals surface area contributed by atoms with Gasteiger partial charge >= 0.3 is 0 Å². The number of nitrogens with zero attached hydrogens (tertiary/aromatic N) is 3. The lowest BCUT2D eigenvalue weighted by Gasteiger charge is -2.08. The first-order chi connectivity index (χ1) is 8.68. The van der Waals surface area contributed by atoms with E-state index in [-0.39, 0.29) is 5.91 Å². The Bertz CT molecular complexity index is 549. The van der Waals surface area contributed by atoms with Gasteiger partial charge < -0.3 is 15.6 Å². The quantitative estimate of drug-likeness (QED) is 0.825. The third kappa shape index (κ3) is 2.65. The highest BCUT2D eigenvalue weighted by Gasteiger charge is 2.08. The molecule has 0 atom stereocenters. The summed E-state index contributed by atoms with van der Waals surface area (Å²) < 4.78 is 1.97. The fraction of sp³-hybridized carbons (Fsp3) is 0.250. The minimum atomic E-state index is -0.210. The molecule has 0 unspecified atom stereocenters. The van der Waals surface area contributed by atoms with Crippen molar-refractivity contribution in [3.8, 4) is 0 Å². The molecule has 18 heavy (non-hydrogen) atoms. The molecular weight excluding hydrogens is 230 g/mol. The van der Waals surface area contributed by atoms with Gasteiger partial charge in [-0.3, -0.25) is 9.78 Å². The molecule has 0 aliphatic heterocycles. The van der Waals surface area contributed by atoms with Crippen molar-refractivity contribution in [1.29, 1.82) is 0 Å². The fourth-order valence-corrected chi connectivity index (χ4v) is 1.62. The van der Waals surface area contributed by atoms with Crippen molar-refractivity contribution in [3.63, 3.8) is 0 Å². The SMILES string of the molecule is Cc1nccn1CCNC(=O)c1cnccc1N. The maximum atomic E-state index is 11.8. The topological polar surface area (TPSA) is 85.8 Å². The number of anilines is 1. The van der Waals surface area contributed by atoms with Gasteiger partial charge in [-0.05, 0) is 13.0 Å². The molecule has 1 amide bonds. The number of aryl methyl sites for hydroxylation is 1. The molecule has 0 bridgehead atoms. The molecular formula is C12H15N5O. The van der Waals surface area contributed by atoms with E-state index in [1.54, 1.807) is 18.5 Å².